The molecule has 1 heterocycles. The number of nitrogens with zero attached hydrogens (tertiary/aromatic N) is 1. The van der Waals surface area contributed by atoms with Crippen molar-refractivity contribution in [2.45, 2.75) is 57.8 Å². The van der Waals surface area contributed by atoms with Gasteiger partial charge in [0, 0.05) is 12.7 Å². The third kappa shape index (κ3) is 2.83. The lowest BCUT2D eigenvalue weighted by atomic mass is 9.72. The molecule has 0 spiro atoms. The lowest BCUT2D eigenvalue weighted by molar-refractivity contribution is -0.123. The quantitative estimate of drug-likeness (QED) is 0.782. The molecule has 1 atom stereocenters. The number of rotatable bonds is 4. The van der Waals surface area contributed by atoms with Crippen molar-refractivity contribution in [1.29, 1.82) is 0 Å². The Labute approximate surface area is 144 Å². The largest absolute Gasteiger partial charge is 0.462 e. The van der Waals surface area contributed by atoms with Crippen molar-refractivity contribution in [3.05, 3.63) is 29.3 Å². The Kier molecular flexibility index (Phi) is 4.66. The average Bonchev–Trinajstić information content (AvgIpc) is 2.77. The van der Waals surface area contributed by atoms with Crippen LogP contribution in [0.3, 0.4) is 0 Å². The van der Waals surface area contributed by atoms with Gasteiger partial charge in [-0.05, 0) is 49.9 Å². The highest BCUT2D eigenvalue weighted by molar-refractivity contribution is 6.08. The van der Waals surface area contributed by atoms with Crippen molar-refractivity contribution < 1.29 is 14.3 Å². The fraction of sp³-hybridized carbons (Fsp3) is 0.600. The second-order valence-corrected chi connectivity index (χ2v) is 7.36. The normalized spacial score (nSPS) is 24.1. The van der Waals surface area contributed by atoms with Crippen molar-refractivity contribution in [1.82, 2.24) is 0 Å². The molecule has 1 aliphatic heterocycles. The van der Waals surface area contributed by atoms with Crippen molar-refractivity contribution in [2.75, 3.05) is 18.6 Å². The third-order valence-electron chi connectivity index (χ3n) is 5.66. The number of carbonyl (C=O) groups is 2. The SMILES string of the molecule is CCOC(=O)c1ccc2c(c1)C(C)(CC1CCCCC1)C(=O)N2C. The summed E-state index contributed by atoms with van der Waals surface area (Å²) in [6.07, 6.45) is 7.13. The number of esters is 1. The monoisotopic (exact) mass is 329 g/mol. The number of benzene rings is 1. The molecule has 1 amide bonds. The molecule has 3 rings (SSSR count). The molecule has 0 aromatic heterocycles. The minimum absolute atomic E-state index is 0.143. The molecule has 24 heavy (non-hydrogen) atoms. The van der Waals surface area contributed by atoms with Gasteiger partial charge in [0.1, 0.15) is 0 Å². The van der Waals surface area contributed by atoms with E-state index in [1.165, 1.54) is 32.1 Å². The van der Waals surface area contributed by atoms with Gasteiger partial charge in [-0.25, -0.2) is 4.79 Å². The van der Waals surface area contributed by atoms with Crippen LogP contribution < -0.4 is 4.90 Å². The number of anilines is 1. The smallest absolute Gasteiger partial charge is 0.338 e. The zero-order chi connectivity index (χ0) is 17.3. The van der Waals surface area contributed by atoms with E-state index in [0.29, 0.717) is 18.1 Å². The van der Waals surface area contributed by atoms with Gasteiger partial charge < -0.3 is 9.64 Å². The van der Waals surface area contributed by atoms with Gasteiger partial charge in [0.15, 0.2) is 0 Å². The van der Waals surface area contributed by atoms with Gasteiger partial charge in [0.2, 0.25) is 5.91 Å². The standard InChI is InChI=1S/C20H27NO3/c1-4-24-18(22)15-10-11-17-16(12-15)20(2,19(23)21(17)3)13-14-8-6-5-7-9-14/h10-12,14H,4-9,13H2,1-3H3. The lowest BCUT2D eigenvalue weighted by Gasteiger charge is -2.31. The van der Waals surface area contributed by atoms with E-state index in [9.17, 15) is 9.59 Å². The number of fused-ring (bicyclic) bond motifs is 1. The summed E-state index contributed by atoms with van der Waals surface area (Å²) in [5.74, 6) is 0.421. The molecular formula is C20H27NO3. The fourth-order valence-corrected chi connectivity index (χ4v) is 4.37. The highest BCUT2D eigenvalue weighted by Crippen LogP contribution is 2.47. The van der Waals surface area contributed by atoms with Gasteiger partial charge in [0.25, 0.3) is 0 Å². The van der Waals surface area contributed by atoms with E-state index in [1.54, 1.807) is 17.9 Å². The van der Waals surface area contributed by atoms with Gasteiger partial charge in [0.05, 0.1) is 17.6 Å². The van der Waals surface area contributed by atoms with E-state index in [0.717, 1.165) is 17.7 Å². The highest BCUT2D eigenvalue weighted by atomic mass is 16.5. The second kappa shape index (κ2) is 6.58. The third-order valence-corrected chi connectivity index (χ3v) is 5.66. The van der Waals surface area contributed by atoms with Crippen LogP contribution in [0.4, 0.5) is 5.69 Å². The maximum Gasteiger partial charge on any atom is 0.338 e. The van der Waals surface area contributed by atoms with Gasteiger partial charge >= 0.3 is 5.97 Å². The van der Waals surface area contributed by atoms with E-state index in [4.69, 9.17) is 4.74 Å². The summed E-state index contributed by atoms with van der Waals surface area (Å²) in [6.45, 7) is 4.20. The predicted octanol–water partition coefficient (Wildman–Crippen LogP) is 4.07. The van der Waals surface area contributed by atoms with Gasteiger partial charge in [-0.3, -0.25) is 4.79 Å². The van der Waals surface area contributed by atoms with E-state index < -0.39 is 5.41 Å². The fourth-order valence-electron chi connectivity index (χ4n) is 4.37. The van der Waals surface area contributed by atoms with E-state index >= 15 is 0 Å². The van der Waals surface area contributed by atoms with Gasteiger partial charge in [-0.2, -0.15) is 0 Å². The first kappa shape index (κ1) is 17.0. The Morgan fingerprint density at radius 3 is 2.67 bits per heavy atom. The predicted molar refractivity (Wildman–Crippen MR) is 94.4 cm³/mol. The number of hydrogen-bond donors (Lipinski definition) is 0. The molecular weight excluding hydrogens is 302 g/mol. The lowest BCUT2D eigenvalue weighted by Crippen LogP contribution is -2.38. The van der Waals surface area contributed by atoms with Crippen LogP contribution in [0.25, 0.3) is 0 Å². The molecule has 0 saturated heterocycles. The van der Waals surface area contributed by atoms with Crippen LogP contribution in [0.1, 0.15) is 68.3 Å². The molecule has 130 valence electrons. The molecule has 0 radical (unpaired) electrons. The van der Waals surface area contributed by atoms with Gasteiger partial charge in [-0.15, -0.1) is 0 Å². The molecule has 4 nitrogen and oxygen atoms in total. The van der Waals surface area contributed by atoms with Crippen LogP contribution in [0.5, 0.6) is 0 Å². The summed E-state index contributed by atoms with van der Waals surface area (Å²) in [7, 11) is 1.83. The van der Waals surface area contributed by atoms with Crippen molar-refractivity contribution in [2.24, 2.45) is 5.92 Å². The van der Waals surface area contributed by atoms with Crippen LogP contribution in [0, 0.1) is 5.92 Å². The summed E-state index contributed by atoms with van der Waals surface area (Å²) in [5.41, 5.74) is 1.90. The molecule has 1 fully saturated rings. The Balaban J connectivity index is 1.95. The minimum atomic E-state index is -0.533. The Hall–Kier alpha value is -1.84. The number of ether oxygens (including phenoxy) is 1. The van der Waals surface area contributed by atoms with Crippen LogP contribution in [0.2, 0.25) is 0 Å². The number of amides is 1. The minimum Gasteiger partial charge on any atom is -0.462 e. The number of likely N-dealkylation sites (N-methyl/N-ethyl adjacent to an activating group) is 1. The maximum absolute atomic E-state index is 13.0. The molecule has 2 aliphatic rings. The van der Waals surface area contributed by atoms with Crippen molar-refractivity contribution in [3.8, 4) is 0 Å². The molecule has 0 bridgehead atoms. The molecule has 1 aromatic carbocycles. The molecule has 0 N–H and O–H groups in total. The topological polar surface area (TPSA) is 46.6 Å². The summed E-state index contributed by atoms with van der Waals surface area (Å²) in [6, 6.07) is 5.51. The zero-order valence-corrected chi connectivity index (χ0v) is 14.9. The van der Waals surface area contributed by atoms with Crippen LogP contribution in [0.15, 0.2) is 18.2 Å². The first-order valence-electron chi connectivity index (χ1n) is 9.07. The number of hydrogen-bond acceptors (Lipinski definition) is 3. The summed E-state index contributed by atoms with van der Waals surface area (Å²) in [4.78, 5) is 26.8. The van der Waals surface area contributed by atoms with Crippen LogP contribution >= 0.6 is 0 Å². The summed E-state index contributed by atoms with van der Waals surface area (Å²) >= 11 is 0. The highest BCUT2D eigenvalue weighted by Gasteiger charge is 2.47. The first-order valence-corrected chi connectivity index (χ1v) is 9.07. The average molecular weight is 329 g/mol. The van der Waals surface area contributed by atoms with Gasteiger partial charge in [-0.1, -0.05) is 32.1 Å². The van der Waals surface area contributed by atoms with E-state index in [2.05, 4.69) is 0 Å². The Bertz CT molecular complexity index is 648. The molecule has 1 aromatic rings. The van der Waals surface area contributed by atoms with Crippen molar-refractivity contribution >= 4 is 17.6 Å². The van der Waals surface area contributed by atoms with E-state index in [-0.39, 0.29) is 11.9 Å². The summed E-state index contributed by atoms with van der Waals surface area (Å²) < 4.78 is 5.12. The van der Waals surface area contributed by atoms with Crippen LogP contribution in [-0.4, -0.2) is 25.5 Å². The molecule has 1 saturated carbocycles. The zero-order valence-electron chi connectivity index (χ0n) is 14.9. The molecule has 1 unspecified atom stereocenters. The second-order valence-electron chi connectivity index (χ2n) is 7.36. The molecule has 1 aliphatic carbocycles. The van der Waals surface area contributed by atoms with Crippen molar-refractivity contribution in [3.63, 3.8) is 0 Å². The Morgan fingerprint density at radius 2 is 2.00 bits per heavy atom. The van der Waals surface area contributed by atoms with Crippen LogP contribution in [-0.2, 0) is 14.9 Å². The maximum atomic E-state index is 13.0. The van der Waals surface area contributed by atoms with E-state index in [1.807, 2.05) is 26.1 Å². The number of carbonyl (C=O) groups excluding carboxylic acids is 2. The summed E-state index contributed by atoms with van der Waals surface area (Å²) in [5, 5.41) is 0. The molecule has 4 heteroatoms. The first-order chi connectivity index (χ1) is 11.5. The Morgan fingerprint density at radius 1 is 1.29 bits per heavy atom.